The Labute approximate surface area is 92.4 Å². The van der Waals surface area contributed by atoms with Crippen molar-refractivity contribution in [2.75, 3.05) is 24.4 Å². The van der Waals surface area contributed by atoms with E-state index in [1.54, 1.807) is 19.4 Å². The van der Waals surface area contributed by atoms with E-state index < -0.39 is 0 Å². The molecular weight excluding hydrogens is 246 g/mol. The van der Waals surface area contributed by atoms with Crippen LogP contribution in [-0.4, -0.2) is 35.5 Å². The summed E-state index contributed by atoms with van der Waals surface area (Å²) in [5.41, 5.74) is 0. The minimum atomic E-state index is 0.349. The third kappa shape index (κ3) is 2.57. The maximum atomic E-state index is 5.03. The van der Waals surface area contributed by atoms with Crippen LogP contribution in [0.1, 0.15) is 6.92 Å². The van der Waals surface area contributed by atoms with Gasteiger partial charge in [0.25, 0.3) is 0 Å². The van der Waals surface area contributed by atoms with Gasteiger partial charge in [-0.1, -0.05) is 15.9 Å². The molecule has 4 nitrogen and oxygen atoms in total. The standard InChI is InChI=1S/C9H14BrN3O/c1-7(6-10)13(2)9-11-5-4-8(12-9)14-3/h4-5,7H,6H2,1-3H3. The zero-order valence-electron chi connectivity index (χ0n) is 8.57. The van der Waals surface area contributed by atoms with Crippen molar-refractivity contribution in [3.05, 3.63) is 12.3 Å². The lowest BCUT2D eigenvalue weighted by Gasteiger charge is -2.22. The fourth-order valence-electron chi connectivity index (χ4n) is 0.917. The van der Waals surface area contributed by atoms with Gasteiger partial charge in [-0.3, -0.25) is 0 Å². The first kappa shape index (κ1) is 11.2. The number of hydrogen-bond acceptors (Lipinski definition) is 4. The average Bonchev–Trinajstić information content (AvgIpc) is 2.27. The van der Waals surface area contributed by atoms with Crippen molar-refractivity contribution in [1.82, 2.24) is 9.97 Å². The van der Waals surface area contributed by atoms with Gasteiger partial charge >= 0.3 is 0 Å². The number of nitrogens with zero attached hydrogens (tertiary/aromatic N) is 3. The van der Waals surface area contributed by atoms with E-state index in [0.717, 1.165) is 5.33 Å². The number of ether oxygens (including phenoxy) is 1. The molecule has 78 valence electrons. The molecule has 0 fully saturated rings. The van der Waals surface area contributed by atoms with Crippen LogP contribution in [-0.2, 0) is 0 Å². The maximum Gasteiger partial charge on any atom is 0.228 e. The average molecular weight is 260 g/mol. The molecule has 5 heteroatoms. The second kappa shape index (κ2) is 5.14. The first-order valence-electron chi connectivity index (χ1n) is 4.35. The van der Waals surface area contributed by atoms with E-state index in [-0.39, 0.29) is 0 Å². The topological polar surface area (TPSA) is 38.2 Å². The van der Waals surface area contributed by atoms with Gasteiger partial charge in [0.1, 0.15) is 0 Å². The lowest BCUT2D eigenvalue weighted by Crippen LogP contribution is -2.31. The molecule has 1 rings (SSSR count). The first-order chi connectivity index (χ1) is 6.69. The number of rotatable bonds is 4. The molecule has 1 heterocycles. The third-order valence-electron chi connectivity index (χ3n) is 2.03. The lowest BCUT2D eigenvalue weighted by atomic mass is 10.4. The SMILES string of the molecule is COc1ccnc(N(C)C(C)CBr)n1. The van der Waals surface area contributed by atoms with E-state index in [1.165, 1.54) is 0 Å². The van der Waals surface area contributed by atoms with E-state index in [0.29, 0.717) is 17.9 Å². The summed E-state index contributed by atoms with van der Waals surface area (Å²) in [5, 5.41) is 0.879. The summed E-state index contributed by atoms with van der Waals surface area (Å²) in [5.74, 6) is 1.26. The molecule has 1 aromatic heterocycles. The van der Waals surface area contributed by atoms with Crippen molar-refractivity contribution in [1.29, 1.82) is 0 Å². The van der Waals surface area contributed by atoms with E-state index in [1.807, 2.05) is 11.9 Å². The Morgan fingerprint density at radius 3 is 2.93 bits per heavy atom. The van der Waals surface area contributed by atoms with Crippen LogP contribution in [0.2, 0.25) is 0 Å². The Morgan fingerprint density at radius 2 is 2.36 bits per heavy atom. The normalized spacial score (nSPS) is 12.3. The molecule has 0 amide bonds. The van der Waals surface area contributed by atoms with E-state index in [4.69, 9.17) is 4.74 Å². The minimum absolute atomic E-state index is 0.349. The van der Waals surface area contributed by atoms with Crippen molar-refractivity contribution in [2.45, 2.75) is 13.0 Å². The Kier molecular flexibility index (Phi) is 4.13. The Bertz CT molecular complexity index is 295. The molecule has 0 saturated carbocycles. The van der Waals surface area contributed by atoms with Crippen LogP contribution in [0.15, 0.2) is 12.3 Å². The summed E-state index contributed by atoms with van der Waals surface area (Å²) in [6.45, 7) is 2.09. The molecule has 14 heavy (non-hydrogen) atoms. The zero-order chi connectivity index (χ0) is 10.6. The van der Waals surface area contributed by atoms with Crippen LogP contribution >= 0.6 is 15.9 Å². The summed E-state index contributed by atoms with van der Waals surface area (Å²) in [4.78, 5) is 10.4. The van der Waals surface area contributed by atoms with Crippen molar-refractivity contribution >= 4 is 21.9 Å². The quantitative estimate of drug-likeness (QED) is 0.772. The molecule has 0 aromatic carbocycles. The molecule has 0 N–H and O–H groups in total. The highest BCUT2D eigenvalue weighted by molar-refractivity contribution is 9.09. The van der Waals surface area contributed by atoms with Gasteiger partial charge in [-0.05, 0) is 6.92 Å². The molecule has 0 saturated heterocycles. The number of halogens is 1. The monoisotopic (exact) mass is 259 g/mol. The van der Waals surface area contributed by atoms with Crippen LogP contribution in [0.5, 0.6) is 5.88 Å². The Hall–Kier alpha value is -0.840. The molecule has 1 atom stereocenters. The summed E-state index contributed by atoms with van der Waals surface area (Å²) < 4.78 is 5.03. The molecule has 1 aromatic rings. The Morgan fingerprint density at radius 1 is 1.64 bits per heavy atom. The van der Waals surface area contributed by atoms with Crippen LogP contribution in [0.4, 0.5) is 5.95 Å². The number of methoxy groups -OCH3 is 1. The third-order valence-corrected chi connectivity index (χ3v) is 2.96. The fourth-order valence-corrected chi connectivity index (χ4v) is 1.35. The number of hydrogen-bond donors (Lipinski definition) is 0. The maximum absolute atomic E-state index is 5.03. The zero-order valence-corrected chi connectivity index (χ0v) is 10.2. The second-order valence-electron chi connectivity index (χ2n) is 3.01. The van der Waals surface area contributed by atoms with Gasteiger partial charge in [0, 0.05) is 30.7 Å². The van der Waals surface area contributed by atoms with Gasteiger partial charge in [-0.15, -0.1) is 0 Å². The molecule has 0 aliphatic rings. The second-order valence-corrected chi connectivity index (χ2v) is 3.66. The Balaban J connectivity index is 2.83. The van der Waals surface area contributed by atoms with E-state index >= 15 is 0 Å². The number of anilines is 1. The predicted molar refractivity (Wildman–Crippen MR) is 60.2 cm³/mol. The summed E-state index contributed by atoms with van der Waals surface area (Å²) in [6.07, 6.45) is 1.69. The molecule has 0 radical (unpaired) electrons. The highest BCUT2D eigenvalue weighted by Crippen LogP contribution is 2.13. The van der Waals surface area contributed by atoms with Crippen molar-refractivity contribution in [3.8, 4) is 5.88 Å². The molecule has 0 spiro atoms. The molecule has 0 aliphatic heterocycles. The number of aromatic nitrogens is 2. The van der Waals surface area contributed by atoms with Crippen molar-refractivity contribution in [2.24, 2.45) is 0 Å². The van der Waals surface area contributed by atoms with Crippen LogP contribution in [0.3, 0.4) is 0 Å². The fraction of sp³-hybridized carbons (Fsp3) is 0.556. The van der Waals surface area contributed by atoms with Gasteiger partial charge < -0.3 is 9.64 Å². The number of alkyl halides is 1. The molecule has 1 unspecified atom stereocenters. The van der Waals surface area contributed by atoms with Gasteiger partial charge in [0.2, 0.25) is 11.8 Å². The summed E-state index contributed by atoms with van der Waals surface area (Å²) in [7, 11) is 3.56. The van der Waals surface area contributed by atoms with E-state index in [9.17, 15) is 0 Å². The molecule has 0 aliphatic carbocycles. The van der Waals surface area contributed by atoms with Crippen molar-refractivity contribution in [3.63, 3.8) is 0 Å². The minimum Gasteiger partial charge on any atom is -0.481 e. The largest absolute Gasteiger partial charge is 0.481 e. The van der Waals surface area contributed by atoms with E-state index in [2.05, 4.69) is 32.8 Å². The summed E-state index contributed by atoms with van der Waals surface area (Å²) in [6, 6.07) is 2.08. The van der Waals surface area contributed by atoms with Crippen molar-refractivity contribution < 1.29 is 4.74 Å². The van der Waals surface area contributed by atoms with Gasteiger partial charge in [0.05, 0.1) is 7.11 Å². The van der Waals surface area contributed by atoms with Crippen LogP contribution in [0, 0.1) is 0 Å². The first-order valence-corrected chi connectivity index (χ1v) is 5.47. The lowest BCUT2D eigenvalue weighted by molar-refractivity contribution is 0.396. The highest BCUT2D eigenvalue weighted by Gasteiger charge is 2.11. The van der Waals surface area contributed by atoms with Gasteiger partial charge in [-0.2, -0.15) is 4.98 Å². The van der Waals surface area contributed by atoms with Crippen LogP contribution < -0.4 is 9.64 Å². The molecule has 0 bridgehead atoms. The smallest absolute Gasteiger partial charge is 0.228 e. The predicted octanol–water partition coefficient (Wildman–Crippen LogP) is 1.70. The van der Waals surface area contributed by atoms with Gasteiger partial charge in [-0.25, -0.2) is 4.98 Å². The highest BCUT2D eigenvalue weighted by atomic mass is 79.9. The van der Waals surface area contributed by atoms with Gasteiger partial charge in [0.15, 0.2) is 0 Å². The summed E-state index contributed by atoms with van der Waals surface area (Å²) >= 11 is 3.42. The van der Waals surface area contributed by atoms with Crippen LogP contribution in [0.25, 0.3) is 0 Å². The molecular formula is C9H14BrN3O.